The third kappa shape index (κ3) is 4.34. The Morgan fingerprint density at radius 2 is 2.00 bits per heavy atom. The van der Waals surface area contributed by atoms with Crippen molar-refractivity contribution in [2.75, 3.05) is 0 Å². The second kappa shape index (κ2) is 6.59. The van der Waals surface area contributed by atoms with Gasteiger partial charge in [0.2, 0.25) is 11.8 Å². The van der Waals surface area contributed by atoms with Crippen molar-refractivity contribution in [3.63, 3.8) is 0 Å². The van der Waals surface area contributed by atoms with Gasteiger partial charge in [0.05, 0.1) is 12.5 Å². The maximum atomic E-state index is 11.8. The van der Waals surface area contributed by atoms with Crippen molar-refractivity contribution in [2.45, 2.75) is 57.5 Å². The van der Waals surface area contributed by atoms with E-state index in [0.717, 1.165) is 25.7 Å². The highest BCUT2D eigenvalue weighted by Gasteiger charge is 2.27. The van der Waals surface area contributed by atoms with Crippen LogP contribution < -0.4 is 16.8 Å². The number of rotatable bonds is 5. The topological polar surface area (TPSA) is 98.2 Å². The molecule has 3 atom stereocenters. The van der Waals surface area contributed by atoms with Crippen LogP contribution in [0.1, 0.15) is 45.4 Å². The highest BCUT2D eigenvalue weighted by atomic mass is 16.2. The minimum Gasteiger partial charge on any atom is -0.370 e. The monoisotopic (exact) mass is 241 g/mol. The zero-order chi connectivity index (χ0) is 12.8. The van der Waals surface area contributed by atoms with Gasteiger partial charge >= 0.3 is 0 Å². The quantitative estimate of drug-likeness (QED) is 0.644. The van der Waals surface area contributed by atoms with Crippen LogP contribution in [-0.4, -0.2) is 23.9 Å². The smallest absolute Gasteiger partial charge is 0.237 e. The van der Waals surface area contributed by atoms with Crippen LogP contribution in [0.25, 0.3) is 0 Å². The molecule has 1 rings (SSSR count). The first-order chi connectivity index (χ1) is 8.04. The molecular weight excluding hydrogens is 218 g/mol. The van der Waals surface area contributed by atoms with Gasteiger partial charge in [-0.2, -0.15) is 0 Å². The van der Waals surface area contributed by atoms with Crippen LogP contribution in [0.4, 0.5) is 0 Å². The molecule has 3 unspecified atom stereocenters. The maximum absolute atomic E-state index is 11.8. The van der Waals surface area contributed by atoms with Crippen molar-refractivity contribution in [3.05, 3.63) is 0 Å². The summed E-state index contributed by atoms with van der Waals surface area (Å²) < 4.78 is 0. The number of carbonyl (C=O) groups excluding carboxylic acids is 2. The Morgan fingerprint density at radius 3 is 2.59 bits per heavy atom. The summed E-state index contributed by atoms with van der Waals surface area (Å²) in [6.45, 7) is 2.14. The Bertz CT molecular complexity index is 281. The minimum absolute atomic E-state index is 0.0880. The summed E-state index contributed by atoms with van der Waals surface area (Å²) in [6.07, 6.45) is 5.52. The summed E-state index contributed by atoms with van der Waals surface area (Å²) in [4.78, 5) is 22.5. The molecule has 98 valence electrons. The molecule has 5 nitrogen and oxygen atoms in total. The highest BCUT2D eigenvalue weighted by molar-refractivity contribution is 5.87. The number of nitrogens with one attached hydrogen (secondary N) is 1. The van der Waals surface area contributed by atoms with Crippen molar-refractivity contribution >= 4 is 11.8 Å². The predicted molar refractivity (Wildman–Crippen MR) is 66.0 cm³/mol. The van der Waals surface area contributed by atoms with Crippen LogP contribution in [0.5, 0.6) is 0 Å². The number of carbonyl (C=O) groups is 2. The Hall–Kier alpha value is -1.10. The fourth-order valence-electron chi connectivity index (χ4n) is 2.49. The van der Waals surface area contributed by atoms with E-state index in [-0.39, 0.29) is 18.4 Å². The molecule has 1 aliphatic carbocycles. The van der Waals surface area contributed by atoms with Crippen molar-refractivity contribution in [3.8, 4) is 0 Å². The molecule has 0 saturated heterocycles. The van der Waals surface area contributed by atoms with E-state index in [4.69, 9.17) is 11.5 Å². The van der Waals surface area contributed by atoms with Gasteiger partial charge in [0.1, 0.15) is 0 Å². The standard InChI is InChI=1S/C12H23N3O2/c1-2-8-5-3-4-6-10(8)15-12(17)9(13)7-11(14)16/h8-10H,2-7,13H2,1H3,(H2,14,16)(H,15,17). The maximum Gasteiger partial charge on any atom is 0.237 e. The first-order valence-corrected chi connectivity index (χ1v) is 6.38. The minimum atomic E-state index is -0.813. The SMILES string of the molecule is CCC1CCCCC1NC(=O)C(N)CC(N)=O. The molecular formula is C12H23N3O2. The molecule has 1 aliphatic rings. The van der Waals surface area contributed by atoms with Crippen LogP contribution in [0.3, 0.4) is 0 Å². The summed E-state index contributed by atoms with van der Waals surface area (Å²) in [6, 6.07) is -0.605. The number of hydrogen-bond donors (Lipinski definition) is 3. The Kier molecular flexibility index (Phi) is 5.41. The van der Waals surface area contributed by atoms with Gasteiger partial charge in [-0.05, 0) is 18.8 Å². The Balaban J connectivity index is 2.45. The van der Waals surface area contributed by atoms with Crippen LogP contribution in [0.2, 0.25) is 0 Å². The number of amides is 2. The van der Waals surface area contributed by atoms with Crippen molar-refractivity contribution in [1.29, 1.82) is 0 Å². The molecule has 0 aliphatic heterocycles. The fraction of sp³-hybridized carbons (Fsp3) is 0.833. The lowest BCUT2D eigenvalue weighted by molar-refractivity contribution is -0.127. The van der Waals surface area contributed by atoms with Gasteiger partial charge in [-0.15, -0.1) is 0 Å². The van der Waals surface area contributed by atoms with Crippen molar-refractivity contribution < 1.29 is 9.59 Å². The van der Waals surface area contributed by atoms with Gasteiger partial charge in [0, 0.05) is 6.04 Å². The van der Waals surface area contributed by atoms with E-state index in [2.05, 4.69) is 12.2 Å². The molecule has 5 heteroatoms. The zero-order valence-corrected chi connectivity index (χ0v) is 10.4. The molecule has 1 saturated carbocycles. The van der Waals surface area contributed by atoms with E-state index < -0.39 is 11.9 Å². The predicted octanol–water partition coefficient (Wildman–Crippen LogP) is 0.274. The van der Waals surface area contributed by atoms with Gasteiger partial charge in [-0.1, -0.05) is 26.2 Å². The van der Waals surface area contributed by atoms with E-state index in [1.54, 1.807) is 0 Å². The van der Waals surface area contributed by atoms with Crippen LogP contribution in [0.15, 0.2) is 0 Å². The van der Waals surface area contributed by atoms with Crippen LogP contribution in [0, 0.1) is 5.92 Å². The first-order valence-electron chi connectivity index (χ1n) is 6.38. The third-order valence-corrected chi connectivity index (χ3v) is 3.52. The highest BCUT2D eigenvalue weighted by Crippen LogP contribution is 2.26. The molecule has 5 N–H and O–H groups in total. The number of primary amides is 1. The molecule has 0 radical (unpaired) electrons. The largest absolute Gasteiger partial charge is 0.370 e. The first kappa shape index (κ1) is 14.0. The van der Waals surface area contributed by atoms with Crippen LogP contribution >= 0.6 is 0 Å². The summed E-state index contributed by atoms with van der Waals surface area (Å²) >= 11 is 0. The summed E-state index contributed by atoms with van der Waals surface area (Å²) in [7, 11) is 0. The summed E-state index contributed by atoms with van der Waals surface area (Å²) in [5.74, 6) is -0.258. The zero-order valence-electron chi connectivity index (χ0n) is 10.4. The van der Waals surface area contributed by atoms with E-state index in [1.165, 1.54) is 6.42 Å². The Labute approximate surface area is 102 Å². The normalized spacial score (nSPS) is 26.2. The van der Waals surface area contributed by atoms with Crippen molar-refractivity contribution in [2.24, 2.45) is 17.4 Å². The number of hydrogen-bond acceptors (Lipinski definition) is 3. The van der Waals surface area contributed by atoms with Gasteiger partial charge in [0.15, 0.2) is 0 Å². The van der Waals surface area contributed by atoms with Crippen LogP contribution in [-0.2, 0) is 9.59 Å². The molecule has 0 aromatic carbocycles. The lowest BCUT2D eigenvalue weighted by Crippen LogP contribution is -2.49. The molecule has 0 aromatic rings. The van der Waals surface area contributed by atoms with Crippen molar-refractivity contribution in [1.82, 2.24) is 5.32 Å². The van der Waals surface area contributed by atoms with E-state index in [1.807, 2.05) is 0 Å². The molecule has 1 fully saturated rings. The lowest BCUT2D eigenvalue weighted by Gasteiger charge is -2.32. The number of nitrogens with two attached hydrogens (primary N) is 2. The Morgan fingerprint density at radius 1 is 1.35 bits per heavy atom. The molecule has 2 amide bonds. The summed E-state index contributed by atoms with van der Waals surface area (Å²) in [5.41, 5.74) is 10.6. The molecule has 0 bridgehead atoms. The lowest BCUT2D eigenvalue weighted by atomic mass is 9.83. The van der Waals surface area contributed by atoms with Gasteiger partial charge in [0.25, 0.3) is 0 Å². The fourth-order valence-corrected chi connectivity index (χ4v) is 2.49. The van der Waals surface area contributed by atoms with E-state index >= 15 is 0 Å². The van der Waals surface area contributed by atoms with Gasteiger partial charge in [-0.25, -0.2) is 0 Å². The van der Waals surface area contributed by atoms with E-state index in [9.17, 15) is 9.59 Å². The average molecular weight is 241 g/mol. The van der Waals surface area contributed by atoms with Gasteiger partial charge in [-0.3, -0.25) is 9.59 Å². The second-order valence-corrected chi connectivity index (χ2v) is 4.84. The molecule has 17 heavy (non-hydrogen) atoms. The van der Waals surface area contributed by atoms with Gasteiger partial charge < -0.3 is 16.8 Å². The average Bonchev–Trinajstić information content (AvgIpc) is 2.28. The summed E-state index contributed by atoms with van der Waals surface area (Å²) in [5, 5.41) is 2.95. The molecule has 0 heterocycles. The molecule has 0 spiro atoms. The third-order valence-electron chi connectivity index (χ3n) is 3.52. The molecule has 0 aromatic heterocycles. The van der Waals surface area contributed by atoms with E-state index in [0.29, 0.717) is 5.92 Å². The second-order valence-electron chi connectivity index (χ2n) is 4.84.